The second kappa shape index (κ2) is 9.05. The van der Waals surface area contributed by atoms with E-state index in [4.69, 9.17) is 14.2 Å². The average molecular weight is 394 g/mol. The smallest absolute Gasteiger partial charge is 0.363 e. The molecule has 29 heavy (non-hydrogen) atoms. The minimum Gasteiger partial charge on any atom is -0.493 e. The number of para-hydroxylation sites is 1. The van der Waals surface area contributed by atoms with Crippen molar-refractivity contribution in [1.82, 2.24) is 9.78 Å². The van der Waals surface area contributed by atoms with Crippen LogP contribution in [0.1, 0.15) is 40.3 Å². The highest BCUT2D eigenvalue weighted by Crippen LogP contribution is 2.24. The molecular weight excluding hydrogens is 372 g/mol. The van der Waals surface area contributed by atoms with Gasteiger partial charge in [0.1, 0.15) is 12.4 Å². The third-order valence-electron chi connectivity index (χ3n) is 4.24. The molecule has 0 saturated carbocycles. The van der Waals surface area contributed by atoms with Crippen LogP contribution in [0.25, 0.3) is 5.69 Å². The van der Waals surface area contributed by atoms with Crippen LogP contribution < -0.4 is 9.47 Å². The van der Waals surface area contributed by atoms with Gasteiger partial charge in [-0.15, -0.1) is 0 Å². The molecule has 0 amide bonds. The summed E-state index contributed by atoms with van der Waals surface area (Å²) < 4.78 is 17.8. The standard InChI is InChI=1S/C22H22N2O5/c1-4-28-19-11-10-16(15(2)25)12-17(19)14-29-22(26)21-20(27-3)13-24(23-21)18-8-6-5-7-9-18/h5-13H,4,14H2,1-3H3. The summed E-state index contributed by atoms with van der Waals surface area (Å²) in [6.45, 7) is 3.73. The van der Waals surface area contributed by atoms with Crippen LogP contribution >= 0.6 is 0 Å². The summed E-state index contributed by atoms with van der Waals surface area (Å²) >= 11 is 0. The van der Waals surface area contributed by atoms with Crippen molar-refractivity contribution >= 4 is 11.8 Å². The molecule has 0 saturated heterocycles. The van der Waals surface area contributed by atoms with Crippen LogP contribution in [-0.4, -0.2) is 35.2 Å². The van der Waals surface area contributed by atoms with Gasteiger partial charge in [-0.2, -0.15) is 5.10 Å². The number of esters is 1. The maximum atomic E-state index is 12.6. The van der Waals surface area contributed by atoms with E-state index in [-0.39, 0.29) is 18.1 Å². The van der Waals surface area contributed by atoms with E-state index in [0.29, 0.717) is 29.2 Å². The van der Waals surface area contributed by atoms with Crippen LogP contribution in [0.3, 0.4) is 0 Å². The Morgan fingerprint density at radius 1 is 1.07 bits per heavy atom. The maximum absolute atomic E-state index is 12.6. The third kappa shape index (κ3) is 4.63. The monoisotopic (exact) mass is 394 g/mol. The van der Waals surface area contributed by atoms with Crippen LogP contribution in [0.2, 0.25) is 0 Å². The largest absolute Gasteiger partial charge is 0.493 e. The van der Waals surface area contributed by atoms with E-state index in [2.05, 4.69) is 5.10 Å². The molecule has 0 atom stereocenters. The Balaban J connectivity index is 1.81. The number of carbonyl (C=O) groups is 2. The lowest BCUT2D eigenvalue weighted by Crippen LogP contribution is -2.10. The summed E-state index contributed by atoms with van der Waals surface area (Å²) in [5, 5.41) is 4.30. The molecule has 0 aliphatic carbocycles. The number of Topliss-reactive ketones (excluding diaryl/α,β-unsaturated/α-hetero) is 1. The summed E-state index contributed by atoms with van der Waals surface area (Å²) in [6.07, 6.45) is 1.62. The first-order valence-corrected chi connectivity index (χ1v) is 9.16. The molecule has 0 aliphatic heterocycles. The Labute approximate surface area is 168 Å². The molecule has 2 aromatic carbocycles. The normalized spacial score (nSPS) is 10.4. The molecule has 0 bridgehead atoms. The van der Waals surface area contributed by atoms with Crippen molar-refractivity contribution in [3.8, 4) is 17.2 Å². The van der Waals surface area contributed by atoms with E-state index in [1.54, 1.807) is 29.1 Å². The summed E-state index contributed by atoms with van der Waals surface area (Å²) in [4.78, 5) is 24.3. The van der Waals surface area contributed by atoms with Crippen molar-refractivity contribution < 1.29 is 23.8 Å². The van der Waals surface area contributed by atoms with Gasteiger partial charge in [0.2, 0.25) is 5.69 Å². The van der Waals surface area contributed by atoms with Gasteiger partial charge in [0, 0.05) is 11.1 Å². The van der Waals surface area contributed by atoms with Crippen molar-refractivity contribution in [2.24, 2.45) is 0 Å². The third-order valence-corrected chi connectivity index (χ3v) is 4.24. The fraction of sp³-hybridized carbons (Fsp3) is 0.227. The molecule has 0 fully saturated rings. The van der Waals surface area contributed by atoms with Crippen LogP contribution in [0.4, 0.5) is 0 Å². The zero-order valence-corrected chi connectivity index (χ0v) is 16.5. The van der Waals surface area contributed by atoms with Crippen LogP contribution in [0.15, 0.2) is 54.7 Å². The van der Waals surface area contributed by atoms with E-state index in [1.807, 2.05) is 37.3 Å². The lowest BCUT2D eigenvalue weighted by Gasteiger charge is -2.12. The quantitative estimate of drug-likeness (QED) is 0.427. The lowest BCUT2D eigenvalue weighted by atomic mass is 10.1. The average Bonchev–Trinajstić information content (AvgIpc) is 3.18. The molecule has 7 nitrogen and oxygen atoms in total. The molecule has 0 aliphatic rings. The van der Waals surface area contributed by atoms with E-state index >= 15 is 0 Å². The van der Waals surface area contributed by atoms with Crippen LogP contribution in [0, 0.1) is 0 Å². The summed E-state index contributed by atoms with van der Waals surface area (Å²) in [5.41, 5.74) is 1.98. The Hall–Kier alpha value is -3.61. The number of aromatic nitrogens is 2. The van der Waals surface area contributed by atoms with E-state index in [9.17, 15) is 9.59 Å². The molecule has 1 heterocycles. The minimum absolute atomic E-state index is 0.0589. The molecule has 3 rings (SSSR count). The highest BCUT2D eigenvalue weighted by Gasteiger charge is 2.21. The first-order chi connectivity index (χ1) is 14.0. The number of ether oxygens (including phenoxy) is 3. The summed E-state index contributed by atoms with van der Waals surface area (Å²) in [6, 6.07) is 14.4. The highest BCUT2D eigenvalue weighted by molar-refractivity contribution is 5.94. The second-order valence-corrected chi connectivity index (χ2v) is 6.21. The van der Waals surface area contributed by atoms with Gasteiger partial charge in [0.15, 0.2) is 11.5 Å². The molecule has 7 heteroatoms. The Morgan fingerprint density at radius 2 is 1.83 bits per heavy atom. The number of carbonyl (C=O) groups excluding carboxylic acids is 2. The van der Waals surface area contributed by atoms with Crippen molar-refractivity contribution in [1.29, 1.82) is 0 Å². The first-order valence-electron chi connectivity index (χ1n) is 9.16. The van der Waals surface area contributed by atoms with Crippen molar-refractivity contribution in [2.45, 2.75) is 20.5 Å². The van der Waals surface area contributed by atoms with Crippen molar-refractivity contribution in [3.05, 3.63) is 71.5 Å². The number of rotatable bonds is 8. The fourth-order valence-electron chi connectivity index (χ4n) is 2.78. The van der Waals surface area contributed by atoms with E-state index < -0.39 is 5.97 Å². The van der Waals surface area contributed by atoms with Gasteiger partial charge < -0.3 is 14.2 Å². The predicted octanol–water partition coefficient (Wildman–Crippen LogP) is 3.84. The molecule has 1 aromatic heterocycles. The summed E-state index contributed by atoms with van der Waals surface area (Å²) in [7, 11) is 1.46. The topological polar surface area (TPSA) is 79.7 Å². The number of ketones is 1. The zero-order chi connectivity index (χ0) is 20.8. The van der Waals surface area contributed by atoms with Crippen molar-refractivity contribution in [3.63, 3.8) is 0 Å². The number of nitrogens with zero attached hydrogens (tertiary/aromatic N) is 2. The Morgan fingerprint density at radius 3 is 2.48 bits per heavy atom. The number of hydrogen-bond donors (Lipinski definition) is 0. The maximum Gasteiger partial charge on any atom is 0.363 e. The van der Waals surface area contributed by atoms with Crippen LogP contribution in [0.5, 0.6) is 11.5 Å². The van der Waals surface area contributed by atoms with Gasteiger partial charge in [-0.05, 0) is 44.2 Å². The van der Waals surface area contributed by atoms with Gasteiger partial charge in [0.05, 0.1) is 25.6 Å². The summed E-state index contributed by atoms with van der Waals surface area (Å²) in [5.74, 6) is 0.157. The Bertz CT molecular complexity index is 1010. The lowest BCUT2D eigenvalue weighted by molar-refractivity contribution is 0.0458. The van der Waals surface area contributed by atoms with Gasteiger partial charge in [-0.25, -0.2) is 9.48 Å². The van der Waals surface area contributed by atoms with Crippen molar-refractivity contribution in [2.75, 3.05) is 13.7 Å². The van der Waals surface area contributed by atoms with Gasteiger partial charge in [0.25, 0.3) is 0 Å². The molecule has 0 N–H and O–H groups in total. The van der Waals surface area contributed by atoms with Crippen LogP contribution in [-0.2, 0) is 11.3 Å². The number of hydrogen-bond acceptors (Lipinski definition) is 6. The molecular formula is C22H22N2O5. The minimum atomic E-state index is -0.632. The number of benzene rings is 2. The molecule has 3 aromatic rings. The van der Waals surface area contributed by atoms with E-state index in [0.717, 1.165) is 5.69 Å². The molecule has 150 valence electrons. The predicted molar refractivity (Wildman–Crippen MR) is 107 cm³/mol. The fourth-order valence-corrected chi connectivity index (χ4v) is 2.78. The number of methoxy groups -OCH3 is 1. The highest BCUT2D eigenvalue weighted by atomic mass is 16.5. The SMILES string of the molecule is CCOc1ccc(C(C)=O)cc1COC(=O)c1nn(-c2ccccc2)cc1OC. The Kier molecular flexibility index (Phi) is 6.29. The van der Waals surface area contributed by atoms with Gasteiger partial charge in [-0.3, -0.25) is 4.79 Å². The second-order valence-electron chi connectivity index (χ2n) is 6.21. The molecule has 0 unspecified atom stereocenters. The first kappa shape index (κ1) is 20.1. The molecule has 0 spiro atoms. The zero-order valence-electron chi connectivity index (χ0n) is 16.5. The van der Waals surface area contributed by atoms with Gasteiger partial charge >= 0.3 is 5.97 Å². The molecule has 0 radical (unpaired) electrons. The van der Waals surface area contributed by atoms with Gasteiger partial charge in [-0.1, -0.05) is 18.2 Å². The van der Waals surface area contributed by atoms with E-state index in [1.165, 1.54) is 14.0 Å².